The third kappa shape index (κ3) is 5.27. The molecule has 2 aromatic rings. The second-order valence-corrected chi connectivity index (χ2v) is 7.79. The van der Waals surface area contributed by atoms with Gasteiger partial charge in [-0.3, -0.25) is 9.59 Å². The molecule has 0 aliphatic carbocycles. The van der Waals surface area contributed by atoms with Gasteiger partial charge >= 0.3 is 5.97 Å². The highest BCUT2D eigenvalue weighted by atomic mass is 32.1. The van der Waals surface area contributed by atoms with Crippen LogP contribution in [-0.2, 0) is 25.7 Å². The minimum atomic E-state index is -0.922. The summed E-state index contributed by atoms with van der Waals surface area (Å²) in [6, 6.07) is 15.4. The Labute approximate surface area is 186 Å². The summed E-state index contributed by atoms with van der Waals surface area (Å²) in [6.07, 6.45) is 0. The van der Waals surface area contributed by atoms with Crippen LogP contribution in [0.1, 0.15) is 19.4 Å². The van der Waals surface area contributed by atoms with Gasteiger partial charge in [0.05, 0.1) is 0 Å². The first kappa shape index (κ1) is 22.4. The van der Waals surface area contributed by atoms with E-state index in [4.69, 9.17) is 9.47 Å². The van der Waals surface area contributed by atoms with Crippen LogP contribution in [0.15, 0.2) is 66.7 Å². The normalized spacial score (nSPS) is 18.8. The molecule has 3 heterocycles. The highest BCUT2D eigenvalue weighted by Gasteiger charge is 2.51. The van der Waals surface area contributed by atoms with E-state index < -0.39 is 23.4 Å². The number of ether oxygens (including phenoxy) is 2. The molecule has 0 radical (unpaired) electrons. The predicted octanol–water partition coefficient (Wildman–Crippen LogP) is 3.07. The third-order valence-corrected chi connectivity index (χ3v) is 5.24. The van der Waals surface area contributed by atoms with E-state index in [1.807, 2.05) is 54.6 Å². The molecule has 1 N–H and O–H groups in total. The summed E-state index contributed by atoms with van der Waals surface area (Å²) in [5.41, 5.74) is 1.32. The van der Waals surface area contributed by atoms with Crippen molar-refractivity contribution in [2.45, 2.75) is 37.9 Å². The SMILES string of the molecule is C=C(C)C(C(=O)OCc1ccccc1)N1C(=O)C(NC(C)=O)C1S.c1cc2cc(c1)O2. The Bertz CT molecular complexity index is 970. The minimum Gasteiger partial charge on any atom is -0.459 e. The maximum atomic E-state index is 12.4. The Hall–Kier alpha value is -3.26. The van der Waals surface area contributed by atoms with Crippen molar-refractivity contribution in [3.8, 4) is 11.5 Å². The summed E-state index contributed by atoms with van der Waals surface area (Å²) in [5, 5.41) is 1.91. The van der Waals surface area contributed by atoms with E-state index >= 15 is 0 Å². The van der Waals surface area contributed by atoms with Gasteiger partial charge in [-0.25, -0.2) is 4.79 Å². The molecule has 1 saturated heterocycles. The highest BCUT2D eigenvalue weighted by molar-refractivity contribution is 7.81. The largest absolute Gasteiger partial charge is 0.459 e. The van der Waals surface area contributed by atoms with Crippen LogP contribution < -0.4 is 10.1 Å². The van der Waals surface area contributed by atoms with E-state index in [-0.39, 0.29) is 18.4 Å². The summed E-state index contributed by atoms with van der Waals surface area (Å²) in [7, 11) is 0. The quantitative estimate of drug-likeness (QED) is 0.266. The van der Waals surface area contributed by atoms with Crippen molar-refractivity contribution in [1.29, 1.82) is 0 Å². The molecule has 2 aromatic carbocycles. The summed E-state index contributed by atoms with van der Waals surface area (Å²) in [4.78, 5) is 37.1. The molecule has 7 nitrogen and oxygen atoms in total. The lowest BCUT2D eigenvalue weighted by molar-refractivity contribution is -0.163. The lowest BCUT2D eigenvalue weighted by Crippen LogP contribution is -2.72. The van der Waals surface area contributed by atoms with Crippen molar-refractivity contribution in [3.63, 3.8) is 0 Å². The van der Waals surface area contributed by atoms with Gasteiger partial charge in [0, 0.05) is 13.0 Å². The smallest absolute Gasteiger partial charge is 0.333 e. The number of nitrogens with zero attached hydrogens (tertiary/aromatic N) is 1. The molecule has 5 rings (SSSR count). The van der Waals surface area contributed by atoms with Crippen molar-refractivity contribution in [2.24, 2.45) is 0 Å². The van der Waals surface area contributed by atoms with Crippen molar-refractivity contribution in [3.05, 3.63) is 72.3 Å². The molecular weight excluding hydrogens is 416 g/mol. The molecule has 3 aliphatic heterocycles. The van der Waals surface area contributed by atoms with Crippen LogP contribution in [0.4, 0.5) is 0 Å². The third-order valence-electron chi connectivity index (χ3n) is 4.70. The number of fused-ring (bicyclic) bond motifs is 2. The number of hydrogen-bond donors (Lipinski definition) is 2. The zero-order chi connectivity index (χ0) is 22.5. The van der Waals surface area contributed by atoms with Crippen molar-refractivity contribution in [2.75, 3.05) is 0 Å². The number of thiol groups is 1. The van der Waals surface area contributed by atoms with Crippen LogP contribution in [0.2, 0.25) is 0 Å². The molecule has 2 amide bonds. The van der Waals surface area contributed by atoms with Gasteiger partial charge in [-0.05, 0) is 30.2 Å². The number of benzene rings is 2. The summed E-state index contributed by atoms with van der Waals surface area (Å²) >= 11 is 4.32. The van der Waals surface area contributed by atoms with E-state index in [1.54, 1.807) is 6.92 Å². The standard InChI is InChI=1S/C17H20N2O4S.C6H4O/c1-10(2)14(17(22)23-9-12-7-5-4-6-8-12)19-15(21)13(16(19)24)18-11(3)20;1-2-5-4-6(3-1)7-5/h4-8,13-14,16,24H,1,9H2,2-3H3,(H,18,20);1-4H. The van der Waals surface area contributed by atoms with Crippen molar-refractivity contribution >= 4 is 30.4 Å². The molecule has 0 spiro atoms. The van der Waals surface area contributed by atoms with Gasteiger partial charge in [0.2, 0.25) is 11.8 Å². The fraction of sp³-hybridized carbons (Fsp3) is 0.261. The fourth-order valence-corrected chi connectivity index (χ4v) is 3.62. The van der Waals surface area contributed by atoms with E-state index in [2.05, 4.69) is 24.5 Å². The van der Waals surface area contributed by atoms with Crippen LogP contribution >= 0.6 is 12.6 Å². The molecule has 3 atom stereocenters. The monoisotopic (exact) mass is 440 g/mol. The van der Waals surface area contributed by atoms with Gasteiger partial charge in [-0.2, -0.15) is 12.6 Å². The summed E-state index contributed by atoms with van der Waals surface area (Å²) < 4.78 is 10.3. The van der Waals surface area contributed by atoms with Gasteiger partial charge in [-0.15, -0.1) is 0 Å². The van der Waals surface area contributed by atoms with Crippen LogP contribution in [0.25, 0.3) is 0 Å². The second-order valence-electron chi connectivity index (χ2n) is 7.26. The van der Waals surface area contributed by atoms with Gasteiger partial charge in [0.1, 0.15) is 29.5 Å². The van der Waals surface area contributed by atoms with Gasteiger partial charge in [0.25, 0.3) is 0 Å². The first-order chi connectivity index (χ1) is 14.8. The first-order valence-corrected chi connectivity index (χ1v) is 10.2. The number of nitrogens with one attached hydrogen (secondary N) is 1. The number of rotatable bonds is 6. The molecule has 0 aromatic heterocycles. The zero-order valence-electron chi connectivity index (χ0n) is 17.3. The number of amides is 2. The maximum Gasteiger partial charge on any atom is 0.333 e. The fourth-order valence-electron chi connectivity index (χ4n) is 3.17. The molecule has 0 saturated carbocycles. The Balaban J connectivity index is 0.000000322. The minimum absolute atomic E-state index is 0.109. The van der Waals surface area contributed by atoms with Crippen LogP contribution in [0.3, 0.4) is 0 Å². The molecule has 3 unspecified atom stereocenters. The molecular formula is C23H24N2O5S. The summed E-state index contributed by atoms with van der Waals surface area (Å²) in [6.45, 7) is 6.85. The Morgan fingerprint density at radius 1 is 1.16 bits per heavy atom. The van der Waals surface area contributed by atoms with Gasteiger partial charge < -0.3 is 19.7 Å². The number of esters is 1. The number of hydrogen-bond acceptors (Lipinski definition) is 6. The van der Waals surface area contributed by atoms with Crippen molar-refractivity contribution < 1.29 is 23.9 Å². The Kier molecular flexibility index (Phi) is 7.02. The number of carbonyl (C=O) groups is 3. The Morgan fingerprint density at radius 2 is 1.77 bits per heavy atom. The second kappa shape index (κ2) is 9.70. The topological polar surface area (TPSA) is 84.9 Å². The zero-order valence-corrected chi connectivity index (χ0v) is 18.2. The predicted molar refractivity (Wildman–Crippen MR) is 119 cm³/mol. The van der Waals surface area contributed by atoms with E-state index in [1.165, 1.54) is 11.8 Å². The molecule has 1 fully saturated rings. The average molecular weight is 441 g/mol. The molecule has 162 valence electrons. The number of carbonyl (C=O) groups excluding carboxylic acids is 3. The number of β-lactam (4-membered cyclic amide) rings is 1. The lowest BCUT2D eigenvalue weighted by Gasteiger charge is -2.47. The molecule has 3 aliphatic rings. The van der Waals surface area contributed by atoms with E-state index in [0.29, 0.717) is 5.57 Å². The number of likely N-dealkylation sites (tertiary alicyclic amines) is 1. The average Bonchev–Trinajstić information content (AvgIpc) is 2.75. The van der Waals surface area contributed by atoms with Crippen LogP contribution in [-0.4, -0.2) is 40.1 Å². The highest BCUT2D eigenvalue weighted by Crippen LogP contribution is 2.33. The van der Waals surface area contributed by atoms with Crippen LogP contribution in [0.5, 0.6) is 11.5 Å². The lowest BCUT2D eigenvalue weighted by atomic mass is 9.99. The van der Waals surface area contributed by atoms with E-state index in [9.17, 15) is 14.4 Å². The maximum absolute atomic E-state index is 12.4. The van der Waals surface area contributed by atoms with Crippen molar-refractivity contribution in [1.82, 2.24) is 10.2 Å². The van der Waals surface area contributed by atoms with Gasteiger partial charge in [0.15, 0.2) is 6.04 Å². The van der Waals surface area contributed by atoms with E-state index in [0.717, 1.165) is 17.1 Å². The molecule has 31 heavy (non-hydrogen) atoms. The molecule has 2 bridgehead atoms. The molecule has 8 heteroatoms. The van der Waals surface area contributed by atoms with Gasteiger partial charge in [-0.1, -0.05) is 43.0 Å². The van der Waals surface area contributed by atoms with Crippen LogP contribution in [0, 0.1) is 0 Å². The Morgan fingerprint density at radius 3 is 2.19 bits per heavy atom. The summed E-state index contributed by atoms with van der Waals surface area (Å²) in [5.74, 6) is 0.690. The first-order valence-electron chi connectivity index (χ1n) is 9.69.